The van der Waals surface area contributed by atoms with Crippen LogP contribution in [0, 0.1) is 0 Å². The number of nitrogens with zero attached hydrogens (tertiary/aromatic N) is 3. The van der Waals surface area contributed by atoms with Gasteiger partial charge in [0.15, 0.2) is 5.82 Å². The summed E-state index contributed by atoms with van der Waals surface area (Å²) in [6.07, 6.45) is 0.825. The van der Waals surface area contributed by atoms with E-state index in [1.807, 2.05) is 59.3 Å². The average Bonchev–Trinajstić information content (AvgIpc) is 3.32. The first-order chi connectivity index (χ1) is 15.9. The minimum Gasteiger partial charge on any atom is -0.373 e. The molecule has 0 amide bonds. The molecule has 2 N–H and O–H groups in total. The maximum atomic E-state index is 11.4. The summed E-state index contributed by atoms with van der Waals surface area (Å²) in [5, 5.41) is 4.81. The molecule has 0 fully saturated rings. The highest BCUT2D eigenvalue weighted by atomic mass is 31.2. The molecule has 4 rings (SSSR count). The zero-order valence-electron chi connectivity index (χ0n) is 18.2. The second kappa shape index (κ2) is 9.81. The zero-order valence-corrected chi connectivity index (χ0v) is 19.1. The molecule has 170 valence electrons. The van der Waals surface area contributed by atoms with E-state index in [2.05, 4.69) is 41.4 Å². The standard InChI is InChI=1S/C25H26N3O4P/c1-32-23(17-18-33(29,30)31)24-26-19-28(27-24)25(20-11-5-2-6-12-20,21-13-7-3-8-14-21)22-15-9-4-10-16-22/h2-16,19,23H,17-18H2,1H3,(H2,29,30,31). The molecule has 0 saturated heterocycles. The zero-order chi connectivity index (χ0) is 23.3. The van der Waals surface area contributed by atoms with Crippen molar-refractivity contribution >= 4 is 7.60 Å². The third-order valence-corrected chi connectivity index (χ3v) is 6.52. The van der Waals surface area contributed by atoms with Gasteiger partial charge in [-0.1, -0.05) is 91.0 Å². The molecule has 0 aliphatic rings. The van der Waals surface area contributed by atoms with Crippen molar-refractivity contribution in [3.8, 4) is 0 Å². The van der Waals surface area contributed by atoms with E-state index in [1.165, 1.54) is 7.11 Å². The first kappa shape index (κ1) is 23.1. The van der Waals surface area contributed by atoms with Crippen molar-refractivity contribution in [2.24, 2.45) is 0 Å². The van der Waals surface area contributed by atoms with Crippen molar-refractivity contribution in [3.63, 3.8) is 0 Å². The Balaban J connectivity index is 1.91. The van der Waals surface area contributed by atoms with E-state index < -0.39 is 19.2 Å². The van der Waals surface area contributed by atoms with Crippen LogP contribution < -0.4 is 0 Å². The van der Waals surface area contributed by atoms with Crippen LogP contribution in [0.15, 0.2) is 97.3 Å². The molecular weight excluding hydrogens is 437 g/mol. The van der Waals surface area contributed by atoms with Crippen LogP contribution in [0.3, 0.4) is 0 Å². The minimum absolute atomic E-state index is 0.111. The van der Waals surface area contributed by atoms with Crippen LogP contribution in [0.4, 0.5) is 0 Å². The van der Waals surface area contributed by atoms with Crippen molar-refractivity contribution in [2.75, 3.05) is 13.3 Å². The predicted molar refractivity (Wildman–Crippen MR) is 126 cm³/mol. The van der Waals surface area contributed by atoms with Crippen molar-refractivity contribution in [3.05, 3.63) is 120 Å². The van der Waals surface area contributed by atoms with E-state index >= 15 is 0 Å². The van der Waals surface area contributed by atoms with Gasteiger partial charge in [-0.2, -0.15) is 5.10 Å². The summed E-state index contributed by atoms with van der Waals surface area (Å²) in [5.74, 6) is 0.373. The molecular formula is C25H26N3O4P. The lowest BCUT2D eigenvalue weighted by Crippen LogP contribution is -2.38. The fourth-order valence-corrected chi connectivity index (χ4v) is 4.73. The lowest BCUT2D eigenvalue weighted by molar-refractivity contribution is 0.0916. The van der Waals surface area contributed by atoms with E-state index in [4.69, 9.17) is 9.84 Å². The molecule has 4 aromatic rings. The predicted octanol–water partition coefficient (Wildman–Crippen LogP) is 4.37. The highest BCUT2D eigenvalue weighted by Crippen LogP contribution is 2.41. The van der Waals surface area contributed by atoms with Gasteiger partial charge in [-0.25, -0.2) is 9.67 Å². The number of benzene rings is 3. The smallest absolute Gasteiger partial charge is 0.325 e. The molecule has 1 heterocycles. The fraction of sp³-hybridized carbons (Fsp3) is 0.200. The van der Waals surface area contributed by atoms with Gasteiger partial charge in [0.05, 0.1) is 6.16 Å². The molecule has 8 heteroatoms. The number of hydrogen-bond acceptors (Lipinski definition) is 4. The monoisotopic (exact) mass is 463 g/mol. The Hall–Kier alpha value is -3.09. The Labute approximate surface area is 192 Å². The topological polar surface area (TPSA) is 97.5 Å². The first-order valence-electron chi connectivity index (χ1n) is 10.6. The summed E-state index contributed by atoms with van der Waals surface area (Å²) in [5.41, 5.74) is 2.20. The Morgan fingerprint density at radius 1 is 0.879 bits per heavy atom. The van der Waals surface area contributed by atoms with Gasteiger partial charge in [-0.05, 0) is 23.1 Å². The first-order valence-corrected chi connectivity index (χ1v) is 12.4. The maximum Gasteiger partial charge on any atom is 0.325 e. The van der Waals surface area contributed by atoms with Crippen molar-refractivity contribution < 1.29 is 19.1 Å². The number of methoxy groups -OCH3 is 1. The summed E-state index contributed by atoms with van der Waals surface area (Å²) in [4.78, 5) is 23.1. The largest absolute Gasteiger partial charge is 0.373 e. The molecule has 1 atom stereocenters. The van der Waals surface area contributed by atoms with Crippen LogP contribution in [0.2, 0.25) is 0 Å². The van der Waals surface area contributed by atoms with Crippen LogP contribution in [0.25, 0.3) is 0 Å². The molecule has 0 spiro atoms. The van der Waals surface area contributed by atoms with Gasteiger partial charge in [0.2, 0.25) is 0 Å². The average molecular weight is 463 g/mol. The van der Waals surface area contributed by atoms with E-state index in [0.29, 0.717) is 5.82 Å². The van der Waals surface area contributed by atoms with Gasteiger partial charge < -0.3 is 14.5 Å². The summed E-state index contributed by atoms with van der Waals surface area (Å²) in [7, 11) is -2.67. The minimum atomic E-state index is -4.16. The van der Waals surface area contributed by atoms with E-state index in [0.717, 1.165) is 16.7 Å². The molecule has 3 aromatic carbocycles. The number of ether oxygens (including phenoxy) is 1. The Kier molecular flexibility index (Phi) is 6.86. The van der Waals surface area contributed by atoms with E-state index in [1.54, 1.807) is 6.33 Å². The molecule has 0 bridgehead atoms. The third-order valence-electron chi connectivity index (χ3n) is 5.68. The Bertz CT molecular complexity index is 1110. The van der Waals surface area contributed by atoms with Crippen LogP contribution >= 0.6 is 7.60 Å². The van der Waals surface area contributed by atoms with Crippen molar-refractivity contribution in [1.82, 2.24) is 14.8 Å². The normalized spacial score (nSPS) is 13.1. The van der Waals surface area contributed by atoms with Gasteiger partial charge >= 0.3 is 7.60 Å². The highest BCUT2D eigenvalue weighted by molar-refractivity contribution is 7.51. The molecule has 33 heavy (non-hydrogen) atoms. The van der Waals surface area contributed by atoms with E-state index in [9.17, 15) is 14.4 Å². The van der Waals surface area contributed by atoms with Crippen LogP contribution in [-0.2, 0) is 14.8 Å². The molecule has 0 saturated carbocycles. The van der Waals surface area contributed by atoms with Crippen LogP contribution in [0.1, 0.15) is 35.0 Å². The van der Waals surface area contributed by atoms with Crippen molar-refractivity contribution in [1.29, 1.82) is 0 Å². The fourth-order valence-electron chi connectivity index (χ4n) is 4.16. The van der Waals surface area contributed by atoms with Gasteiger partial charge in [-0.3, -0.25) is 4.57 Å². The van der Waals surface area contributed by atoms with Crippen molar-refractivity contribution in [2.45, 2.75) is 18.1 Å². The Morgan fingerprint density at radius 3 is 1.73 bits per heavy atom. The second-order valence-corrected chi connectivity index (χ2v) is 9.53. The summed E-state index contributed by atoms with van der Waals surface area (Å²) < 4.78 is 18.7. The molecule has 0 radical (unpaired) electrons. The molecule has 0 aliphatic carbocycles. The summed E-state index contributed by atoms with van der Waals surface area (Å²) >= 11 is 0. The van der Waals surface area contributed by atoms with Gasteiger partial charge in [0.25, 0.3) is 0 Å². The third kappa shape index (κ3) is 4.82. The summed E-state index contributed by atoms with van der Waals surface area (Å²) in [6.45, 7) is 0. The number of hydrogen-bond donors (Lipinski definition) is 2. The van der Waals surface area contributed by atoms with E-state index in [-0.39, 0.29) is 12.6 Å². The van der Waals surface area contributed by atoms with Gasteiger partial charge in [0.1, 0.15) is 18.0 Å². The van der Waals surface area contributed by atoms with Gasteiger partial charge in [-0.15, -0.1) is 0 Å². The lowest BCUT2D eigenvalue weighted by atomic mass is 9.77. The number of rotatable bonds is 9. The maximum absolute atomic E-state index is 11.4. The molecule has 0 aliphatic heterocycles. The lowest BCUT2D eigenvalue weighted by Gasteiger charge is -2.35. The van der Waals surface area contributed by atoms with Crippen LogP contribution in [-0.4, -0.2) is 37.8 Å². The quantitative estimate of drug-likeness (QED) is 0.283. The molecule has 1 unspecified atom stereocenters. The van der Waals surface area contributed by atoms with Gasteiger partial charge in [0, 0.05) is 7.11 Å². The second-order valence-electron chi connectivity index (χ2n) is 7.76. The molecule has 7 nitrogen and oxygen atoms in total. The highest BCUT2D eigenvalue weighted by Gasteiger charge is 2.40. The SMILES string of the molecule is COC(CCP(=O)(O)O)c1ncn(C(c2ccccc2)(c2ccccc2)c2ccccc2)n1. The summed E-state index contributed by atoms with van der Waals surface area (Å²) in [6, 6.07) is 30.2. The number of aromatic nitrogens is 3. The molecule has 1 aromatic heterocycles. The van der Waals surface area contributed by atoms with Crippen LogP contribution in [0.5, 0.6) is 0 Å². The Morgan fingerprint density at radius 2 is 1.33 bits per heavy atom.